The number of unbranched alkanes of at least 4 members (excludes halogenated alkanes) is 11. The fraction of sp³-hybridized carbons (Fsp3) is 1.00. The number of hydrogen-bond donors (Lipinski definition) is 1. The molecule has 0 bridgehead atoms. The number of phosphoric acid groups is 1. The molecule has 5 heteroatoms. The van der Waals surface area contributed by atoms with E-state index in [0.29, 0.717) is 6.42 Å². The van der Waals surface area contributed by atoms with Gasteiger partial charge in [-0.25, -0.2) is 0 Å². The van der Waals surface area contributed by atoms with Gasteiger partial charge in [0.15, 0.2) is 0 Å². The van der Waals surface area contributed by atoms with Gasteiger partial charge in [0.2, 0.25) is 0 Å². The highest BCUT2D eigenvalue weighted by molar-refractivity contribution is 7.44. The van der Waals surface area contributed by atoms with E-state index in [9.17, 15) is 9.46 Å². The molecule has 0 spiro atoms. The summed E-state index contributed by atoms with van der Waals surface area (Å²) in [6, 6.07) is 0. The van der Waals surface area contributed by atoms with Gasteiger partial charge in [-0.1, -0.05) is 77.6 Å². The van der Waals surface area contributed by atoms with Crippen molar-refractivity contribution in [3.63, 3.8) is 0 Å². The van der Waals surface area contributed by atoms with Crippen molar-refractivity contribution < 1.29 is 18.9 Å². The molecule has 0 saturated heterocycles. The zero-order valence-electron chi connectivity index (χ0n) is 12.3. The van der Waals surface area contributed by atoms with Crippen LogP contribution in [0.4, 0.5) is 0 Å². The third kappa shape index (κ3) is 18.1. The zero-order valence-corrected chi connectivity index (χ0v) is 13.2. The molecule has 0 amide bonds. The molecule has 1 unspecified atom stereocenters. The molecule has 19 heavy (non-hydrogen) atoms. The monoisotopic (exact) mass is 293 g/mol. The van der Waals surface area contributed by atoms with E-state index in [4.69, 9.17) is 4.89 Å². The van der Waals surface area contributed by atoms with Gasteiger partial charge in [0.05, 0.1) is 6.61 Å². The molecule has 1 atom stereocenters. The van der Waals surface area contributed by atoms with Crippen molar-refractivity contribution in [1.82, 2.24) is 0 Å². The Hall–Kier alpha value is 0.110. The third-order valence-electron chi connectivity index (χ3n) is 3.25. The maximum atomic E-state index is 10.3. The van der Waals surface area contributed by atoms with Gasteiger partial charge in [0.25, 0.3) is 7.82 Å². The van der Waals surface area contributed by atoms with Crippen molar-refractivity contribution in [2.24, 2.45) is 0 Å². The minimum atomic E-state index is -4.50. The SMILES string of the molecule is CCCCCCCCCCCCCCOP(=O)([O-])O. The average molecular weight is 293 g/mol. The number of hydrogen-bond acceptors (Lipinski definition) is 3. The van der Waals surface area contributed by atoms with E-state index in [-0.39, 0.29) is 6.61 Å². The van der Waals surface area contributed by atoms with Crippen molar-refractivity contribution in [3.8, 4) is 0 Å². The minimum absolute atomic E-state index is 0.106. The van der Waals surface area contributed by atoms with Gasteiger partial charge in [-0.15, -0.1) is 0 Å². The van der Waals surface area contributed by atoms with Crippen LogP contribution in [0.25, 0.3) is 0 Å². The largest absolute Gasteiger partial charge is 0.756 e. The molecule has 0 aliphatic carbocycles. The first-order chi connectivity index (χ1) is 9.06. The molecule has 4 nitrogen and oxygen atoms in total. The van der Waals surface area contributed by atoms with Gasteiger partial charge in [0.1, 0.15) is 0 Å². The smallest absolute Gasteiger partial charge is 0.265 e. The highest BCUT2D eigenvalue weighted by Crippen LogP contribution is 2.30. The van der Waals surface area contributed by atoms with Crippen molar-refractivity contribution in [3.05, 3.63) is 0 Å². The molecule has 0 aliphatic rings. The molecule has 1 N–H and O–H groups in total. The molecule has 0 radical (unpaired) electrons. The van der Waals surface area contributed by atoms with E-state index in [2.05, 4.69) is 11.4 Å². The molecule has 0 aromatic carbocycles. The standard InChI is InChI=1S/C14H31O4P/c1-2-3-4-5-6-7-8-9-10-11-12-13-14-18-19(15,16)17/h2-14H2,1H3,(H2,15,16,17)/p-1. The second-order valence-corrected chi connectivity index (χ2v) is 6.39. The molecule has 0 fully saturated rings. The highest BCUT2D eigenvalue weighted by atomic mass is 31.2. The topological polar surface area (TPSA) is 69.6 Å². The molecule has 0 aromatic heterocycles. The Balaban J connectivity index is 3.01. The van der Waals surface area contributed by atoms with Crippen LogP contribution in [0.5, 0.6) is 0 Å². The van der Waals surface area contributed by atoms with E-state index in [1.54, 1.807) is 0 Å². The van der Waals surface area contributed by atoms with Crippen LogP contribution in [0, 0.1) is 0 Å². The summed E-state index contributed by atoms with van der Waals surface area (Å²) >= 11 is 0. The number of rotatable bonds is 14. The Morgan fingerprint density at radius 3 is 1.58 bits per heavy atom. The van der Waals surface area contributed by atoms with Gasteiger partial charge in [-0.2, -0.15) is 0 Å². The summed E-state index contributed by atoms with van der Waals surface area (Å²) in [6.07, 6.45) is 14.7. The summed E-state index contributed by atoms with van der Waals surface area (Å²) in [6.45, 7) is 2.34. The van der Waals surface area contributed by atoms with E-state index in [1.165, 1.54) is 57.8 Å². The second-order valence-electron chi connectivity index (χ2n) is 5.19. The molecule has 0 heterocycles. The average Bonchev–Trinajstić information content (AvgIpc) is 2.34. The fourth-order valence-electron chi connectivity index (χ4n) is 2.12. The van der Waals surface area contributed by atoms with Crippen molar-refractivity contribution >= 4 is 7.82 Å². The predicted octanol–water partition coefficient (Wildman–Crippen LogP) is 4.16. The van der Waals surface area contributed by atoms with Crippen LogP contribution in [0.15, 0.2) is 0 Å². The summed E-state index contributed by atoms with van der Waals surface area (Å²) in [5.74, 6) is 0. The quantitative estimate of drug-likeness (QED) is 0.385. The molecule has 0 aliphatic heterocycles. The summed E-state index contributed by atoms with van der Waals surface area (Å²) in [5, 5.41) is 0. The summed E-state index contributed by atoms with van der Waals surface area (Å²) in [4.78, 5) is 18.7. The highest BCUT2D eigenvalue weighted by Gasteiger charge is 2.00. The molecular formula is C14H30O4P-. The van der Waals surface area contributed by atoms with Crippen LogP contribution in [0.1, 0.15) is 84.0 Å². The lowest BCUT2D eigenvalue weighted by atomic mass is 10.1. The Kier molecular flexibility index (Phi) is 13.2. The van der Waals surface area contributed by atoms with Gasteiger partial charge in [0, 0.05) is 0 Å². The summed E-state index contributed by atoms with van der Waals surface area (Å²) in [5.41, 5.74) is 0. The number of phosphoric ester groups is 1. The van der Waals surface area contributed by atoms with E-state index >= 15 is 0 Å². The first-order valence-electron chi connectivity index (χ1n) is 7.74. The zero-order chi connectivity index (χ0) is 14.4. The maximum absolute atomic E-state index is 10.3. The van der Waals surface area contributed by atoms with Crippen LogP contribution >= 0.6 is 7.82 Å². The van der Waals surface area contributed by atoms with Crippen LogP contribution in [0.3, 0.4) is 0 Å². The summed E-state index contributed by atoms with van der Waals surface area (Å²) < 4.78 is 14.6. The van der Waals surface area contributed by atoms with Crippen LogP contribution in [-0.2, 0) is 9.09 Å². The lowest BCUT2D eigenvalue weighted by Crippen LogP contribution is -2.04. The lowest BCUT2D eigenvalue weighted by Gasteiger charge is -2.14. The van der Waals surface area contributed by atoms with Gasteiger partial charge in [-0.05, 0) is 6.42 Å². The Bertz CT molecular complexity index is 227. The van der Waals surface area contributed by atoms with E-state index in [1.807, 2.05) is 0 Å². The van der Waals surface area contributed by atoms with Crippen LogP contribution in [0.2, 0.25) is 0 Å². The van der Waals surface area contributed by atoms with Crippen molar-refractivity contribution in [2.45, 2.75) is 84.0 Å². The molecule has 0 rings (SSSR count). The van der Waals surface area contributed by atoms with E-state index in [0.717, 1.165) is 12.8 Å². The van der Waals surface area contributed by atoms with Gasteiger partial charge < -0.3 is 14.3 Å². The molecule has 116 valence electrons. The molecular weight excluding hydrogens is 263 g/mol. The van der Waals surface area contributed by atoms with Gasteiger partial charge in [-0.3, -0.25) is 4.57 Å². The first kappa shape index (κ1) is 19.1. The predicted molar refractivity (Wildman–Crippen MR) is 76.9 cm³/mol. The minimum Gasteiger partial charge on any atom is -0.756 e. The van der Waals surface area contributed by atoms with Crippen molar-refractivity contribution in [2.75, 3.05) is 6.61 Å². The lowest BCUT2D eigenvalue weighted by molar-refractivity contribution is -0.219. The third-order valence-corrected chi connectivity index (χ3v) is 3.76. The molecule has 0 saturated carbocycles. The molecule has 0 aromatic rings. The Morgan fingerprint density at radius 1 is 0.842 bits per heavy atom. The normalized spacial score (nSPS) is 14.5. The van der Waals surface area contributed by atoms with Crippen molar-refractivity contribution in [1.29, 1.82) is 0 Å². The first-order valence-corrected chi connectivity index (χ1v) is 9.24. The Morgan fingerprint density at radius 2 is 1.21 bits per heavy atom. The second kappa shape index (κ2) is 13.1. The fourth-order valence-corrected chi connectivity index (χ4v) is 2.48. The Labute approximate surface area is 118 Å². The van der Waals surface area contributed by atoms with E-state index < -0.39 is 7.82 Å². The van der Waals surface area contributed by atoms with Gasteiger partial charge >= 0.3 is 0 Å². The van der Waals surface area contributed by atoms with Crippen LogP contribution in [-0.4, -0.2) is 11.5 Å². The maximum Gasteiger partial charge on any atom is 0.265 e. The summed E-state index contributed by atoms with van der Waals surface area (Å²) in [7, 11) is -4.50. The van der Waals surface area contributed by atoms with Crippen LogP contribution < -0.4 is 4.89 Å².